The quantitative estimate of drug-likeness (QED) is 0.388. The molecule has 0 radical (unpaired) electrons. The van der Waals surface area contributed by atoms with Gasteiger partial charge < -0.3 is 10.1 Å². The van der Waals surface area contributed by atoms with Gasteiger partial charge in [0.05, 0.1) is 12.4 Å². The third-order valence-electron chi connectivity index (χ3n) is 5.05. The summed E-state index contributed by atoms with van der Waals surface area (Å²) in [5, 5.41) is 12.1. The van der Waals surface area contributed by atoms with Crippen LogP contribution < -0.4 is 10.1 Å². The molecule has 1 aromatic heterocycles. The van der Waals surface area contributed by atoms with Crippen molar-refractivity contribution in [2.75, 3.05) is 12.4 Å². The lowest BCUT2D eigenvalue weighted by Gasteiger charge is -2.15. The van der Waals surface area contributed by atoms with Gasteiger partial charge in [0.15, 0.2) is 11.0 Å². The topological polar surface area (TPSA) is 69.0 Å². The van der Waals surface area contributed by atoms with E-state index in [4.69, 9.17) is 4.74 Å². The fourth-order valence-electron chi connectivity index (χ4n) is 3.24. The molecule has 1 unspecified atom stereocenters. The highest BCUT2D eigenvalue weighted by Gasteiger charge is 2.22. The monoisotopic (exact) mass is 444 g/mol. The second-order valence-corrected chi connectivity index (χ2v) is 8.58. The molecule has 162 valence electrons. The van der Waals surface area contributed by atoms with Gasteiger partial charge in [-0.2, -0.15) is 0 Å². The molecule has 3 aromatic carbocycles. The van der Waals surface area contributed by atoms with Gasteiger partial charge in [-0.3, -0.25) is 9.36 Å². The molecule has 4 rings (SSSR count). The van der Waals surface area contributed by atoms with Crippen molar-refractivity contribution >= 4 is 23.4 Å². The average Bonchev–Trinajstić information content (AvgIpc) is 3.24. The molecule has 0 aliphatic carbocycles. The van der Waals surface area contributed by atoms with Crippen molar-refractivity contribution in [1.82, 2.24) is 14.8 Å². The number of amides is 1. The number of carbonyl (C=O) groups excluding carboxylic acids is 1. The van der Waals surface area contributed by atoms with Gasteiger partial charge >= 0.3 is 0 Å². The summed E-state index contributed by atoms with van der Waals surface area (Å²) in [5.74, 6) is 1.39. The predicted octanol–water partition coefficient (Wildman–Crippen LogP) is 5.37. The van der Waals surface area contributed by atoms with E-state index in [2.05, 4.69) is 15.5 Å². The highest BCUT2D eigenvalue weighted by molar-refractivity contribution is 8.00. The van der Waals surface area contributed by atoms with Gasteiger partial charge in [-0.15, -0.1) is 10.2 Å². The zero-order valence-corrected chi connectivity index (χ0v) is 19.0. The van der Waals surface area contributed by atoms with Crippen LogP contribution in [0.1, 0.15) is 12.5 Å². The lowest BCUT2D eigenvalue weighted by Crippen LogP contribution is -2.23. The molecule has 1 heterocycles. The largest absolute Gasteiger partial charge is 0.497 e. The smallest absolute Gasteiger partial charge is 0.237 e. The van der Waals surface area contributed by atoms with Crippen molar-refractivity contribution in [2.45, 2.75) is 24.3 Å². The number of benzene rings is 3. The molecule has 0 aliphatic heterocycles. The number of aromatic nitrogens is 3. The van der Waals surface area contributed by atoms with Crippen molar-refractivity contribution in [3.8, 4) is 22.8 Å². The minimum absolute atomic E-state index is 0.0881. The van der Waals surface area contributed by atoms with Crippen molar-refractivity contribution in [2.24, 2.45) is 0 Å². The first-order valence-electron chi connectivity index (χ1n) is 10.2. The summed E-state index contributed by atoms with van der Waals surface area (Å²) in [6.07, 6.45) is 0. The molecule has 7 heteroatoms. The van der Waals surface area contributed by atoms with Gasteiger partial charge in [0, 0.05) is 16.9 Å². The first kappa shape index (κ1) is 21.6. The molecule has 1 N–H and O–H groups in total. The Labute approximate surface area is 191 Å². The molecule has 4 aromatic rings. The fourth-order valence-corrected chi connectivity index (χ4v) is 4.11. The maximum Gasteiger partial charge on any atom is 0.237 e. The number of carbonyl (C=O) groups is 1. The summed E-state index contributed by atoms with van der Waals surface area (Å²) in [6.45, 7) is 3.84. The van der Waals surface area contributed by atoms with E-state index in [0.29, 0.717) is 11.0 Å². The Morgan fingerprint density at radius 2 is 1.66 bits per heavy atom. The summed E-state index contributed by atoms with van der Waals surface area (Å²) in [6, 6.07) is 25.3. The summed E-state index contributed by atoms with van der Waals surface area (Å²) in [7, 11) is 1.64. The van der Waals surface area contributed by atoms with E-state index in [-0.39, 0.29) is 11.2 Å². The molecule has 6 nitrogen and oxygen atoms in total. The number of thioether (sulfide) groups is 1. The second kappa shape index (κ2) is 9.70. The second-order valence-electron chi connectivity index (χ2n) is 7.27. The van der Waals surface area contributed by atoms with Crippen LogP contribution in [0.5, 0.6) is 5.75 Å². The number of methoxy groups -OCH3 is 1. The lowest BCUT2D eigenvalue weighted by molar-refractivity contribution is -0.115. The van der Waals surface area contributed by atoms with Gasteiger partial charge in [0.1, 0.15) is 5.75 Å². The SMILES string of the molecule is COc1ccc(-n2c(SC(C)C(=O)Nc3ccccc3C)nnc2-c2ccccc2)cc1. The number of nitrogens with one attached hydrogen (secondary N) is 1. The molecule has 0 saturated carbocycles. The third-order valence-corrected chi connectivity index (χ3v) is 6.09. The fraction of sp³-hybridized carbons (Fsp3) is 0.160. The number of aryl methyl sites for hydroxylation is 1. The van der Waals surface area contributed by atoms with Crippen LogP contribution in [0, 0.1) is 6.92 Å². The van der Waals surface area contributed by atoms with Crippen LogP contribution in [0.4, 0.5) is 5.69 Å². The first-order chi connectivity index (χ1) is 15.6. The third kappa shape index (κ3) is 4.68. The molecule has 32 heavy (non-hydrogen) atoms. The molecular formula is C25H24N4O2S. The summed E-state index contributed by atoms with van der Waals surface area (Å²) in [4.78, 5) is 12.9. The maximum absolute atomic E-state index is 12.9. The molecule has 0 spiro atoms. The van der Waals surface area contributed by atoms with Gasteiger partial charge in [0.25, 0.3) is 0 Å². The Kier molecular flexibility index (Phi) is 6.56. The summed E-state index contributed by atoms with van der Waals surface area (Å²) in [5.41, 5.74) is 3.67. The Morgan fingerprint density at radius 1 is 0.969 bits per heavy atom. The molecule has 0 aliphatic rings. The van der Waals surface area contributed by atoms with E-state index in [1.54, 1.807) is 7.11 Å². The minimum Gasteiger partial charge on any atom is -0.497 e. The van der Waals surface area contributed by atoms with E-state index in [9.17, 15) is 4.79 Å². The number of para-hydroxylation sites is 1. The molecule has 0 saturated heterocycles. The van der Waals surface area contributed by atoms with Crippen molar-refractivity contribution < 1.29 is 9.53 Å². The molecule has 0 bridgehead atoms. The van der Waals surface area contributed by atoms with Gasteiger partial charge in [-0.05, 0) is 49.7 Å². The predicted molar refractivity (Wildman–Crippen MR) is 128 cm³/mol. The highest BCUT2D eigenvalue weighted by Crippen LogP contribution is 2.31. The van der Waals surface area contributed by atoms with E-state index >= 15 is 0 Å². The molecule has 1 amide bonds. The van der Waals surface area contributed by atoms with Gasteiger partial charge in [-0.25, -0.2) is 0 Å². The summed E-state index contributed by atoms with van der Waals surface area (Å²) < 4.78 is 7.26. The van der Waals surface area contributed by atoms with E-state index in [1.807, 2.05) is 97.3 Å². The van der Waals surface area contributed by atoms with Crippen LogP contribution in [-0.2, 0) is 4.79 Å². The van der Waals surface area contributed by atoms with Crippen molar-refractivity contribution in [1.29, 1.82) is 0 Å². The van der Waals surface area contributed by atoms with Crippen LogP contribution in [-0.4, -0.2) is 33.0 Å². The lowest BCUT2D eigenvalue weighted by atomic mass is 10.2. The Morgan fingerprint density at radius 3 is 2.34 bits per heavy atom. The number of ether oxygens (including phenoxy) is 1. The molecule has 1 atom stereocenters. The first-order valence-corrected chi connectivity index (χ1v) is 11.1. The van der Waals surface area contributed by atoms with Crippen LogP contribution in [0.2, 0.25) is 0 Å². The number of hydrogen-bond donors (Lipinski definition) is 1. The number of nitrogens with zero attached hydrogens (tertiary/aromatic N) is 3. The van der Waals surface area contributed by atoms with Crippen LogP contribution >= 0.6 is 11.8 Å². The zero-order valence-electron chi connectivity index (χ0n) is 18.1. The Hall–Kier alpha value is -3.58. The number of anilines is 1. The van der Waals surface area contributed by atoms with Gasteiger partial charge in [-0.1, -0.05) is 60.3 Å². The summed E-state index contributed by atoms with van der Waals surface area (Å²) >= 11 is 1.37. The molecular weight excluding hydrogens is 420 g/mol. The maximum atomic E-state index is 12.9. The van der Waals surface area contributed by atoms with E-state index < -0.39 is 0 Å². The van der Waals surface area contributed by atoms with Crippen molar-refractivity contribution in [3.63, 3.8) is 0 Å². The Balaban J connectivity index is 1.65. The van der Waals surface area contributed by atoms with E-state index in [1.165, 1.54) is 11.8 Å². The van der Waals surface area contributed by atoms with Crippen molar-refractivity contribution in [3.05, 3.63) is 84.4 Å². The van der Waals surface area contributed by atoms with Crippen LogP contribution in [0.25, 0.3) is 17.1 Å². The van der Waals surface area contributed by atoms with E-state index in [0.717, 1.165) is 28.3 Å². The van der Waals surface area contributed by atoms with Crippen LogP contribution in [0.3, 0.4) is 0 Å². The number of hydrogen-bond acceptors (Lipinski definition) is 5. The standard InChI is InChI=1S/C25H24N4O2S/c1-17-9-7-8-12-22(17)26-24(30)18(2)32-25-28-27-23(19-10-5-4-6-11-19)29(25)20-13-15-21(31-3)16-14-20/h4-16,18H,1-3H3,(H,26,30). The minimum atomic E-state index is -0.376. The average molecular weight is 445 g/mol. The Bertz CT molecular complexity index is 1210. The van der Waals surface area contributed by atoms with Gasteiger partial charge in [0.2, 0.25) is 5.91 Å². The zero-order chi connectivity index (χ0) is 22.5. The molecule has 0 fully saturated rings. The number of rotatable bonds is 7. The normalized spacial score (nSPS) is 11.7. The van der Waals surface area contributed by atoms with Crippen LogP contribution in [0.15, 0.2) is 84.0 Å². The highest BCUT2D eigenvalue weighted by atomic mass is 32.2.